The Balaban J connectivity index is 4.56. The largest absolute Gasteiger partial charge is 0.464 e. The normalized spacial score (nSPS) is 11.6. The molecule has 0 aliphatic carbocycles. The van der Waals surface area contributed by atoms with Crippen molar-refractivity contribution in [2.24, 2.45) is 0 Å². The van der Waals surface area contributed by atoms with Gasteiger partial charge in [0.05, 0.1) is 13.1 Å². The van der Waals surface area contributed by atoms with Gasteiger partial charge in [0.2, 0.25) is 0 Å². The van der Waals surface area contributed by atoms with E-state index >= 15 is 0 Å². The monoisotopic (exact) mass is 594 g/mol. The molecule has 0 radical (unpaired) electrons. The highest BCUT2D eigenvalue weighted by Gasteiger charge is 2.28. The molecule has 0 heterocycles. The van der Waals surface area contributed by atoms with Gasteiger partial charge in [-0.15, -0.1) is 0 Å². The average molecular weight is 595 g/mol. The van der Waals surface area contributed by atoms with E-state index in [0.29, 0.717) is 18.7 Å². The zero-order valence-electron chi connectivity index (χ0n) is 24.5. The maximum absolute atomic E-state index is 12.0. The summed E-state index contributed by atoms with van der Waals surface area (Å²) in [5.41, 5.74) is -0.156. The summed E-state index contributed by atoms with van der Waals surface area (Å²) in [6.07, 6.45) is -0.883. The minimum Gasteiger partial charge on any atom is -0.464 e. The number of hydrogen-bond acceptors (Lipinski definition) is 12. The molecular formula is C25H46N4O8S2. The number of amides is 2. The van der Waals surface area contributed by atoms with E-state index in [1.807, 2.05) is 0 Å². The number of nitrogens with one attached hydrogen (secondary N) is 2. The van der Waals surface area contributed by atoms with Gasteiger partial charge in [-0.1, -0.05) is 13.5 Å². The van der Waals surface area contributed by atoms with Gasteiger partial charge in [-0.25, -0.2) is 23.0 Å². The fourth-order valence-corrected chi connectivity index (χ4v) is 5.61. The third-order valence-corrected chi connectivity index (χ3v) is 7.81. The number of carbonyl (C=O) groups is 4. The van der Waals surface area contributed by atoms with Crippen LogP contribution in [0.5, 0.6) is 0 Å². The Kier molecular flexibility index (Phi) is 18.0. The molecule has 0 aromatic rings. The lowest BCUT2D eigenvalue weighted by atomic mass is 10.1. The Morgan fingerprint density at radius 1 is 0.718 bits per heavy atom. The van der Waals surface area contributed by atoms with Crippen molar-refractivity contribution < 1.29 is 38.1 Å². The van der Waals surface area contributed by atoms with Crippen LogP contribution in [0.3, 0.4) is 0 Å². The van der Waals surface area contributed by atoms with Crippen LogP contribution in [0.4, 0.5) is 9.59 Å². The molecule has 14 heteroatoms. The summed E-state index contributed by atoms with van der Waals surface area (Å²) in [6.45, 7) is 20.8. The molecule has 0 unspecified atom stereocenters. The lowest BCUT2D eigenvalue weighted by Crippen LogP contribution is -2.41. The van der Waals surface area contributed by atoms with Crippen LogP contribution in [0.25, 0.3) is 0 Å². The van der Waals surface area contributed by atoms with Crippen molar-refractivity contribution in [2.45, 2.75) is 72.9 Å². The van der Waals surface area contributed by atoms with Crippen molar-refractivity contribution in [1.29, 1.82) is 0 Å². The summed E-state index contributed by atoms with van der Waals surface area (Å²) < 4.78 is 24.6. The minimum absolute atomic E-state index is 0.0315. The van der Waals surface area contributed by atoms with Gasteiger partial charge in [0, 0.05) is 58.1 Å². The first-order valence-corrected chi connectivity index (χ1v) is 14.8. The minimum atomic E-state index is -0.594. The maximum Gasteiger partial charge on any atom is 0.407 e. The predicted molar refractivity (Wildman–Crippen MR) is 154 cm³/mol. The molecule has 0 saturated carbocycles. The molecule has 0 aromatic carbocycles. The van der Waals surface area contributed by atoms with E-state index in [0.717, 1.165) is 0 Å². The smallest absolute Gasteiger partial charge is 0.407 e. The SMILES string of the molecule is C=C(C)C(=O)OCCNC(=O)OCCN(SSN(CCOC(=O)NCCOC(=O)CC)C(C)(C)C)C(C)(C)C. The van der Waals surface area contributed by atoms with Crippen molar-refractivity contribution in [1.82, 2.24) is 19.2 Å². The van der Waals surface area contributed by atoms with E-state index in [-0.39, 0.29) is 63.0 Å². The summed E-state index contributed by atoms with van der Waals surface area (Å²) >= 11 is 0. The lowest BCUT2D eigenvalue weighted by molar-refractivity contribution is -0.143. The fourth-order valence-electron chi connectivity index (χ4n) is 2.43. The molecule has 0 fully saturated rings. The summed E-state index contributed by atoms with van der Waals surface area (Å²) in [5, 5.41) is 5.09. The van der Waals surface area contributed by atoms with Gasteiger partial charge in [0.15, 0.2) is 0 Å². The Hall–Kier alpha value is -2.16. The summed E-state index contributed by atoms with van der Waals surface area (Å²) in [5.74, 6) is -0.829. The first-order valence-electron chi connectivity index (χ1n) is 12.8. The number of nitrogens with zero attached hydrogens (tertiary/aromatic N) is 2. The predicted octanol–water partition coefficient (Wildman–Crippen LogP) is 3.92. The number of alkyl carbamates (subject to hydrolysis) is 2. The number of ether oxygens (including phenoxy) is 4. The lowest BCUT2D eigenvalue weighted by Gasteiger charge is -2.38. The van der Waals surface area contributed by atoms with Gasteiger partial charge in [-0.3, -0.25) is 4.79 Å². The molecule has 2 N–H and O–H groups in total. The second-order valence-corrected chi connectivity index (χ2v) is 12.4. The Labute approximate surface area is 240 Å². The zero-order valence-corrected chi connectivity index (χ0v) is 26.2. The highest BCUT2D eigenvalue weighted by Crippen LogP contribution is 2.38. The van der Waals surface area contributed by atoms with E-state index in [4.69, 9.17) is 18.9 Å². The maximum atomic E-state index is 12.0. The van der Waals surface area contributed by atoms with Gasteiger partial charge in [-0.2, -0.15) is 0 Å². The highest BCUT2D eigenvalue weighted by molar-refractivity contribution is 8.74. The van der Waals surface area contributed by atoms with Crippen LogP contribution in [0.1, 0.15) is 61.8 Å². The molecule has 0 atom stereocenters. The molecule has 39 heavy (non-hydrogen) atoms. The van der Waals surface area contributed by atoms with Crippen LogP contribution in [-0.2, 0) is 28.5 Å². The quantitative estimate of drug-likeness (QED) is 0.0631. The standard InChI is InChI=1S/C25H46N4O8S2/c1-10-20(30)34-15-11-26-22(32)36-17-13-28(24(4,5)6)38-39-29(25(7,8)9)14-18-37-23(33)27-12-16-35-21(31)19(2)3/h2,10-18H2,1,3-9H3,(H,26,32)(H,27,33). The van der Waals surface area contributed by atoms with Gasteiger partial charge in [0.25, 0.3) is 0 Å². The molecule has 0 aliphatic heterocycles. The Morgan fingerprint density at radius 3 is 1.49 bits per heavy atom. The average Bonchev–Trinajstić information content (AvgIpc) is 2.83. The molecule has 0 bridgehead atoms. The summed E-state index contributed by atoms with van der Waals surface area (Å²) in [4.78, 5) is 46.3. The first-order chi connectivity index (χ1) is 18.1. The van der Waals surface area contributed by atoms with Crippen molar-refractivity contribution in [3.05, 3.63) is 12.2 Å². The summed E-state index contributed by atoms with van der Waals surface area (Å²) in [7, 11) is 3.03. The van der Waals surface area contributed by atoms with Gasteiger partial charge in [0.1, 0.15) is 26.4 Å². The molecule has 0 saturated heterocycles. The van der Waals surface area contributed by atoms with E-state index < -0.39 is 18.2 Å². The van der Waals surface area contributed by atoms with Crippen LogP contribution in [0.2, 0.25) is 0 Å². The third kappa shape index (κ3) is 18.7. The highest BCUT2D eigenvalue weighted by atomic mass is 33.1. The van der Waals surface area contributed by atoms with E-state index in [9.17, 15) is 19.2 Å². The van der Waals surface area contributed by atoms with Crippen molar-refractivity contribution in [3.63, 3.8) is 0 Å². The second-order valence-electron chi connectivity index (χ2n) is 10.3. The topological polar surface area (TPSA) is 136 Å². The van der Waals surface area contributed by atoms with Crippen molar-refractivity contribution >= 4 is 46.1 Å². The van der Waals surface area contributed by atoms with E-state index in [2.05, 4.69) is 67.4 Å². The molecule has 12 nitrogen and oxygen atoms in total. The third-order valence-electron chi connectivity index (χ3n) is 4.64. The molecule has 0 aromatic heterocycles. The van der Waals surface area contributed by atoms with Crippen LogP contribution in [-0.4, -0.2) is 96.4 Å². The summed E-state index contributed by atoms with van der Waals surface area (Å²) in [6, 6.07) is 0. The van der Waals surface area contributed by atoms with Crippen molar-refractivity contribution in [2.75, 3.05) is 52.6 Å². The Morgan fingerprint density at radius 2 is 1.13 bits per heavy atom. The molecule has 0 aliphatic rings. The van der Waals surface area contributed by atoms with Crippen LogP contribution >= 0.6 is 22.0 Å². The van der Waals surface area contributed by atoms with E-state index in [1.165, 1.54) is 22.0 Å². The number of carbonyl (C=O) groups excluding carboxylic acids is 4. The fraction of sp³-hybridized carbons (Fsp3) is 0.760. The number of hydrogen-bond donors (Lipinski definition) is 2. The zero-order chi connectivity index (χ0) is 30.1. The number of rotatable bonds is 17. The van der Waals surface area contributed by atoms with Gasteiger partial charge in [-0.05, 0) is 48.5 Å². The van der Waals surface area contributed by atoms with E-state index in [1.54, 1.807) is 13.8 Å². The van der Waals surface area contributed by atoms with Crippen LogP contribution < -0.4 is 10.6 Å². The molecule has 0 rings (SSSR count). The molecule has 2 amide bonds. The first kappa shape index (κ1) is 36.8. The number of esters is 2. The second kappa shape index (κ2) is 19.0. The molecule has 226 valence electrons. The molecule has 0 spiro atoms. The Bertz CT molecular complexity index is 800. The van der Waals surface area contributed by atoms with Crippen LogP contribution in [0.15, 0.2) is 12.2 Å². The van der Waals surface area contributed by atoms with Crippen molar-refractivity contribution in [3.8, 4) is 0 Å². The van der Waals surface area contributed by atoms with Gasteiger partial charge >= 0.3 is 24.1 Å². The van der Waals surface area contributed by atoms with Crippen LogP contribution in [0, 0.1) is 0 Å². The van der Waals surface area contributed by atoms with Gasteiger partial charge < -0.3 is 29.6 Å². The molecular weight excluding hydrogens is 548 g/mol.